The number of nitrogens with zero attached hydrogens (tertiary/aromatic N) is 4. The molecule has 2 aromatic heterocycles. The molecule has 2 heterocycles. The Morgan fingerprint density at radius 1 is 1.35 bits per heavy atom. The highest BCUT2D eigenvalue weighted by Gasteiger charge is 2.19. The number of hydrogen-bond donors (Lipinski definition) is 1. The largest absolute Gasteiger partial charge is 0.366 e. The van der Waals surface area contributed by atoms with Gasteiger partial charge in [-0.1, -0.05) is 32.4 Å². The number of aromatic nitrogens is 4. The molecule has 0 aromatic carbocycles. The van der Waals surface area contributed by atoms with Gasteiger partial charge in [-0.25, -0.2) is 9.97 Å². The van der Waals surface area contributed by atoms with E-state index in [1.165, 1.54) is 0 Å². The maximum Gasteiger partial charge on any atom is 0.137 e. The van der Waals surface area contributed by atoms with Gasteiger partial charge in [0.2, 0.25) is 0 Å². The van der Waals surface area contributed by atoms with Gasteiger partial charge in [0, 0.05) is 29.9 Å². The van der Waals surface area contributed by atoms with Crippen LogP contribution in [0.2, 0.25) is 5.15 Å². The molecule has 2 rings (SSSR count). The van der Waals surface area contributed by atoms with Crippen molar-refractivity contribution in [1.29, 1.82) is 0 Å². The van der Waals surface area contributed by atoms with Crippen molar-refractivity contribution in [2.45, 2.75) is 45.7 Å². The van der Waals surface area contributed by atoms with Crippen molar-refractivity contribution in [1.82, 2.24) is 19.7 Å². The van der Waals surface area contributed by atoms with Gasteiger partial charge >= 0.3 is 0 Å². The fourth-order valence-corrected chi connectivity index (χ4v) is 2.00. The van der Waals surface area contributed by atoms with Crippen molar-refractivity contribution in [3.05, 3.63) is 35.5 Å². The third-order valence-electron chi connectivity index (χ3n) is 2.78. The van der Waals surface area contributed by atoms with E-state index in [-0.39, 0.29) is 11.5 Å². The van der Waals surface area contributed by atoms with E-state index in [9.17, 15) is 0 Å². The lowest BCUT2D eigenvalue weighted by Gasteiger charge is -2.19. The molecule has 108 valence electrons. The van der Waals surface area contributed by atoms with E-state index in [4.69, 9.17) is 11.6 Å². The monoisotopic (exact) mass is 293 g/mol. The highest BCUT2D eigenvalue weighted by Crippen LogP contribution is 2.22. The Kier molecular flexibility index (Phi) is 4.28. The fourth-order valence-electron chi connectivity index (χ4n) is 1.81. The molecule has 1 atom stereocenters. The molecule has 1 unspecified atom stereocenters. The van der Waals surface area contributed by atoms with E-state index >= 15 is 0 Å². The smallest absolute Gasteiger partial charge is 0.137 e. The van der Waals surface area contributed by atoms with Gasteiger partial charge in [-0.2, -0.15) is 5.10 Å². The summed E-state index contributed by atoms with van der Waals surface area (Å²) < 4.78 is 1.88. The van der Waals surface area contributed by atoms with Gasteiger partial charge in [0.25, 0.3) is 0 Å². The Bertz CT molecular complexity index is 559. The van der Waals surface area contributed by atoms with Crippen LogP contribution in [0.1, 0.15) is 33.5 Å². The minimum absolute atomic E-state index is 0.132. The molecule has 0 aliphatic heterocycles. The van der Waals surface area contributed by atoms with Gasteiger partial charge < -0.3 is 5.32 Å². The fraction of sp³-hybridized carbons (Fsp3) is 0.500. The molecular weight excluding hydrogens is 274 g/mol. The topological polar surface area (TPSA) is 55.6 Å². The van der Waals surface area contributed by atoms with Crippen molar-refractivity contribution in [3.63, 3.8) is 0 Å². The van der Waals surface area contributed by atoms with E-state index in [2.05, 4.69) is 48.1 Å². The lowest BCUT2D eigenvalue weighted by molar-refractivity contribution is 0.540. The van der Waals surface area contributed by atoms with Crippen LogP contribution in [0.25, 0.3) is 0 Å². The lowest BCUT2D eigenvalue weighted by atomic mass is 9.96. The minimum atomic E-state index is -0.132. The van der Waals surface area contributed by atoms with Crippen molar-refractivity contribution in [2.24, 2.45) is 0 Å². The van der Waals surface area contributed by atoms with Gasteiger partial charge in [0.1, 0.15) is 16.8 Å². The first kappa shape index (κ1) is 14.8. The molecule has 0 bridgehead atoms. The van der Waals surface area contributed by atoms with Crippen molar-refractivity contribution in [3.8, 4) is 0 Å². The van der Waals surface area contributed by atoms with Crippen LogP contribution < -0.4 is 5.32 Å². The SMILES string of the molecule is CC(Cn1cccn1)Nc1cc(Cl)nc(C(C)(C)C)n1. The number of nitrogens with one attached hydrogen (secondary N) is 1. The number of anilines is 1. The van der Waals surface area contributed by atoms with Crippen molar-refractivity contribution < 1.29 is 0 Å². The molecule has 0 aliphatic carbocycles. The van der Waals surface area contributed by atoms with Gasteiger partial charge in [0.15, 0.2) is 0 Å². The van der Waals surface area contributed by atoms with Crippen LogP contribution in [0, 0.1) is 0 Å². The molecule has 5 nitrogen and oxygen atoms in total. The summed E-state index contributed by atoms with van der Waals surface area (Å²) in [6.07, 6.45) is 3.71. The van der Waals surface area contributed by atoms with Gasteiger partial charge in [-0.05, 0) is 13.0 Å². The molecule has 0 saturated heterocycles. The third kappa shape index (κ3) is 3.93. The predicted octanol–water partition coefficient (Wildman–Crippen LogP) is 3.12. The third-order valence-corrected chi connectivity index (χ3v) is 2.97. The maximum absolute atomic E-state index is 6.07. The number of rotatable bonds is 4. The summed E-state index contributed by atoms with van der Waals surface area (Å²) in [5.74, 6) is 1.48. The van der Waals surface area contributed by atoms with Gasteiger partial charge in [0.05, 0.1) is 6.54 Å². The van der Waals surface area contributed by atoms with E-state index in [0.717, 1.165) is 18.2 Å². The Morgan fingerprint density at radius 3 is 2.70 bits per heavy atom. The summed E-state index contributed by atoms with van der Waals surface area (Å²) in [6, 6.07) is 3.84. The van der Waals surface area contributed by atoms with Gasteiger partial charge in [-0.15, -0.1) is 0 Å². The minimum Gasteiger partial charge on any atom is -0.366 e. The molecule has 6 heteroatoms. The zero-order valence-corrected chi connectivity index (χ0v) is 13.0. The first-order chi connectivity index (χ1) is 9.34. The Morgan fingerprint density at radius 2 is 2.10 bits per heavy atom. The molecule has 2 aromatic rings. The van der Waals surface area contributed by atoms with E-state index < -0.39 is 0 Å². The van der Waals surface area contributed by atoms with E-state index in [0.29, 0.717) is 5.15 Å². The summed E-state index contributed by atoms with van der Waals surface area (Å²) >= 11 is 6.07. The van der Waals surface area contributed by atoms with Crippen LogP contribution in [0.3, 0.4) is 0 Å². The zero-order valence-electron chi connectivity index (χ0n) is 12.3. The van der Waals surface area contributed by atoms with Crippen LogP contribution in [0.15, 0.2) is 24.5 Å². The Balaban J connectivity index is 2.11. The van der Waals surface area contributed by atoms with Crippen LogP contribution in [0.5, 0.6) is 0 Å². The average Bonchev–Trinajstić information content (AvgIpc) is 2.79. The number of hydrogen-bond acceptors (Lipinski definition) is 4. The summed E-state index contributed by atoms with van der Waals surface area (Å²) in [4.78, 5) is 8.82. The summed E-state index contributed by atoms with van der Waals surface area (Å²) in [7, 11) is 0. The molecule has 1 N–H and O–H groups in total. The predicted molar refractivity (Wildman–Crippen MR) is 81.1 cm³/mol. The van der Waals surface area contributed by atoms with Crippen molar-refractivity contribution in [2.75, 3.05) is 5.32 Å². The first-order valence-corrected chi connectivity index (χ1v) is 7.01. The first-order valence-electron chi connectivity index (χ1n) is 6.63. The lowest BCUT2D eigenvalue weighted by Crippen LogP contribution is -2.24. The van der Waals surface area contributed by atoms with Crippen molar-refractivity contribution >= 4 is 17.4 Å². The quantitative estimate of drug-likeness (QED) is 0.880. The van der Waals surface area contributed by atoms with E-state index in [1.807, 2.05) is 16.9 Å². The normalized spacial score (nSPS) is 13.2. The summed E-state index contributed by atoms with van der Waals surface area (Å²) in [5.41, 5.74) is -0.132. The second-order valence-corrected chi connectivity index (χ2v) is 6.31. The molecule has 0 fully saturated rings. The highest BCUT2D eigenvalue weighted by molar-refractivity contribution is 6.29. The van der Waals surface area contributed by atoms with Crippen LogP contribution >= 0.6 is 11.6 Å². The van der Waals surface area contributed by atoms with Crippen LogP contribution in [-0.2, 0) is 12.0 Å². The Hall–Kier alpha value is -1.62. The highest BCUT2D eigenvalue weighted by atomic mass is 35.5. The molecule has 0 saturated carbocycles. The maximum atomic E-state index is 6.07. The van der Waals surface area contributed by atoms with Crippen LogP contribution in [-0.4, -0.2) is 25.8 Å². The van der Waals surface area contributed by atoms with Gasteiger partial charge in [-0.3, -0.25) is 4.68 Å². The average molecular weight is 294 g/mol. The summed E-state index contributed by atoms with van der Waals surface area (Å²) in [6.45, 7) is 9.04. The molecule has 0 spiro atoms. The molecule has 0 aliphatic rings. The second kappa shape index (κ2) is 5.79. The Labute approximate surface area is 124 Å². The second-order valence-electron chi connectivity index (χ2n) is 5.92. The molecule has 0 radical (unpaired) electrons. The standard InChI is InChI=1S/C14H20ClN5/c1-10(9-20-7-5-6-16-20)17-12-8-11(15)18-13(19-12)14(2,3)4/h5-8,10H,9H2,1-4H3,(H,17,18,19). The van der Waals surface area contributed by atoms with Crippen LogP contribution in [0.4, 0.5) is 5.82 Å². The van der Waals surface area contributed by atoms with E-state index in [1.54, 1.807) is 12.3 Å². The summed E-state index contributed by atoms with van der Waals surface area (Å²) in [5, 5.41) is 7.98. The number of halogens is 1. The molecular formula is C14H20ClN5. The molecule has 0 amide bonds. The zero-order chi connectivity index (χ0) is 14.8. The molecule has 20 heavy (non-hydrogen) atoms.